The van der Waals surface area contributed by atoms with Crippen LogP contribution in [0.2, 0.25) is 0 Å². The highest BCUT2D eigenvalue weighted by atomic mass is 19.4. The van der Waals surface area contributed by atoms with E-state index < -0.39 is 29.2 Å². The van der Waals surface area contributed by atoms with Gasteiger partial charge in [0.1, 0.15) is 0 Å². The Labute approximate surface area is 211 Å². The molecule has 4 aromatic rings. The Morgan fingerprint density at radius 3 is 2.35 bits per heavy atom. The molecule has 0 aliphatic heterocycles. The van der Waals surface area contributed by atoms with Crippen molar-refractivity contribution in [1.82, 2.24) is 9.78 Å². The van der Waals surface area contributed by atoms with Gasteiger partial charge in [-0.15, -0.1) is 0 Å². The second-order valence-electron chi connectivity index (χ2n) is 8.60. The van der Waals surface area contributed by atoms with Crippen molar-refractivity contribution >= 4 is 0 Å². The molecule has 0 radical (unpaired) electrons. The number of alkyl halides is 3. The number of ether oxygens (including phenoxy) is 1. The van der Waals surface area contributed by atoms with Crippen molar-refractivity contribution in [2.24, 2.45) is 5.73 Å². The summed E-state index contributed by atoms with van der Waals surface area (Å²) in [5.74, 6) is -0.818. The predicted octanol–water partition coefficient (Wildman–Crippen LogP) is 5.68. The molecule has 1 aromatic heterocycles. The van der Waals surface area contributed by atoms with Gasteiger partial charge in [-0.2, -0.15) is 18.3 Å². The smallest absolute Gasteiger partial charge is 0.416 e. The maximum atomic E-state index is 15.3. The Bertz CT molecular complexity index is 1470. The van der Waals surface area contributed by atoms with Gasteiger partial charge < -0.3 is 10.5 Å². The highest BCUT2D eigenvalue weighted by molar-refractivity contribution is 5.69. The zero-order valence-electron chi connectivity index (χ0n) is 20.2. The summed E-state index contributed by atoms with van der Waals surface area (Å²) >= 11 is 0. The molecule has 9 heteroatoms. The van der Waals surface area contributed by atoms with Crippen LogP contribution in [0.4, 0.5) is 17.6 Å². The van der Waals surface area contributed by atoms with Gasteiger partial charge in [0, 0.05) is 18.0 Å². The van der Waals surface area contributed by atoms with Crippen molar-refractivity contribution in [2.45, 2.75) is 32.1 Å². The van der Waals surface area contributed by atoms with Crippen LogP contribution in [0.15, 0.2) is 77.6 Å². The lowest BCUT2D eigenvalue weighted by Crippen LogP contribution is -2.32. The second-order valence-corrected chi connectivity index (χ2v) is 8.60. The summed E-state index contributed by atoms with van der Waals surface area (Å²) < 4.78 is 62.5. The molecule has 3 aromatic carbocycles. The Morgan fingerprint density at radius 1 is 1.00 bits per heavy atom. The third-order valence-corrected chi connectivity index (χ3v) is 6.23. The molecule has 37 heavy (non-hydrogen) atoms. The molecule has 0 amide bonds. The van der Waals surface area contributed by atoms with Gasteiger partial charge in [-0.25, -0.2) is 9.07 Å². The van der Waals surface area contributed by atoms with Crippen LogP contribution in [0, 0.1) is 12.7 Å². The third kappa shape index (κ3) is 5.41. The number of rotatable bonds is 7. The molecule has 5 nitrogen and oxygen atoms in total. The quantitative estimate of drug-likeness (QED) is 0.325. The van der Waals surface area contributed by atoms with E-state index in [2.05, 4.69) is 5.10 Å². The average Bonchev–Trinajstić information content (AvgIpc) is 2.88. The van der Waals surface area contributed by atoms with Gasteiger partial charge in [-0.1, -0.05) is 60.7 Å². The predicted molar refractivity (Wildman–Crippen MR) is 133 cm³/mol. The average molecular weight is 512 g/mol. The summed E-state index contributed by atoms with van der Waals surface area (Å²) in [5, 5.41) is 4.42. The number of nitrogens with zero attached hydrogens (tertiary/aromatic N) is 2. The van der Waals surface area contributed by atoms with Crippen molar-refractivity contribution in [3.8, 4) is 16.9 Å². The third-order valence-electron chi connectivity index (χ3n) is 6.23. The normalized spacial score (nSPS) is 12.4. The van der Waals surface area contributed by atoms with Crippen LogP contribution in [0.1, 0.15) is 34.0 Å². The van der Waals surface area contributed by atoms with Crippen LogP contribution in [-0.2, 0) is 19.1 Å². The summed E-state index contributed by atoms with van der Waals surface area (Å²) in [5.41, 5.74) is 6.10. The van der Waals surface area contributed by atoms with Gasteiger partial charge in [0.25, 0.3) is 5.56 Å². The van der Waals surface area contributed by atoms with E-state index in [-0.39, 0.29) is 46.7 Å². The molecule has 2 N–H and O–H groups in total. The fourth-order valence-corrected chi connectivity index (χ4v) is 4.29. The lowest BCUT2D eigenvalue weighted by molar-refractivity contribution is -0.138. The first-order valence-corrected chi connectivity index (χ1v) is 11.5. The van der Waals surface area contributed by atoms with Crippen molar-refractivity contribution in [3.63, 3.8) is 0 Å². The monoisotopic (exact) mass is 511 g/mol. The van der Waals surface area contributed by atoms with Crippen LogP contribution in [0.3, 0.4) is 0 Å². The molecule has 192 valence electrons. The molecule has 1 atom stereocenters. The molecule has 0 aliphatic carbocycles. The first-order valence-electron chi connectivity index (χ1n) is 11.5. The largest absolute Gasteiger partial charge is 0.494 e. The van der Waals surface area contributed by atoms with E-state index in [0.29, 0.717) is 0 Å². The van der Waals surface area contributed by atoms with Gasteiger partial charge >= 0.3 is 6.18 Å². The molecule has 0 bridgehead atoms. The molecule has 1 unspecified atom stereocenters. The number of aromatic nitrogens is 2. The number of nitrogens with two attached hydrogens (primary N) is 1. The number of methoxy groups -OCH3 is 1. The number of halogens is 4. The van der Waals surface area contributed by atoms with Gasteiger partial charge in [0.15, 0.2) is 11.6 Å². The fraction of sp³-hybridized carbons (Fsp3) is 0.214. The summed E-state index contributed by atoms with van der Waals surface area (Å²) in [6.45, 7) is 1.49. The zero-order valence-corrected chi connectivity index (χ0v) is 20.2. The minimum Gasteiger partial charge on any atom is -0.494 e. The van der Waals surface area contributed by atoms with Gasteiger partial charge in [-0.3, -0.25) is 4.79 Å². The van der Waals surface area contributed by atoms with Crippen LogP contribution in [-0.4, -0.2) is 16.9 Å². The molecular formula is C28H25F4N3O2. The van der Waals surface area contributed by atoms with Crippen LogP contribution in [0.25, 0.3) is 11.1 Å². The number of benzene rings is 3. The molecule has 4 rings (SSSR count). The van der Waals surface area contributed by atoms with Crippen LogP contribution >= 0.6 is 0 Å². The number of hydrogen-bond acceptors (Lipinski definition) is 4. The second kappa shape index (κ2) is 10.6. The van der Waals surface area contributed by atoms with Crippen LogP contribution in [0.5, 0.6) is 5.75 Å². The maximum absolute atomic E-state index is 15.3. The first kappa shape index (κ1) is 26.1. The van der Waals surface area contributed by atoms with Crippen molar-refractivity contribution in [1.29, 1.82) is 0 Å². The van der Waals surface area contributed by atoms with E-state index in [9.17, 15) is 18.0 Å². The number of hydrogen-bond donors (Lipinski definition) is 1. The van der Waals surface area contributed by atoms with E-state index in [0.717, 1.165) is 16.3 Å². The molecule has 0 spiro atoms. The minimum absolute atomic E-state index is 0.00819. The maximum Gasteiger partial charge on any atom is 0.416 e. The van der Waals surface area contributed by atoms with Crippen molar-refractivity contribution < 1.29 is 22.3 Å². The molecule has 1 heterocycles. The van der Waals surface area contributed by atoms with Crippen LogP contribution < -0.4 is 16.0 Å². The van der Waals surface area contributed by atoms with Gasteiger partial charge in [0.05, 0.1) is 30.5 Å². The zero-order chi connectivity index (χ0) is 26.7. The topological polar surface area (TPSA) is 70.1 Å². The van der Waals surface area contributed by atoms with E-state index in [4.69, 9.17) is 10.5 Å². The Balaban J connectivity index is 1.90. The first-order chi connectivity index (χ1) is 17.6. The molecular weight excluding hydrogens is 486 g/mol. The molecule has 0 aliphatic rings. The van der Waals surface area contributed by atoms with E-state index in [1.165, 1.54) is 43.5 Å². The lowest BCUT2D eigenvalue weighted by Gasteiger charge is -2.19. The summed E-state index contributed by atoms with van der Waals surface area (Å²) in [6, 6.07) is 17.9. The molecule has 0 saturated carbocycles. The van der Waals surface area contributed by atoms with Gasteiger partial charge in [-0.05, 0) is 35.7 Å². The summed E-state index contributed by atoms with van der Waals surface area (Å²) in [6.07, 6.45) is -4.79. The summed E-state index contributed by atoms with van der Waals surface area (Å²) in [7, 11) is 1.30. The molecule has 0 saturated heterocycles. The Kier molecular flexibility index (Phi) is 7.45. The Morgan fingerprint density at radius 2 is 1.68 bits per heavy atom. The highest BCUT2D eigenvalue weighted by Gasteiger charge is 2.33. The molecule has 0 fully saturated rings. The fourth-order valence-electron chi connectivity index (χ4n) is 4.29. The highest BCUT2D eigenvalue weighted by Crippen LogP contribution is 2.34. The van der Waals surface area contributed by atoms with Gasteiger partial charge in [0.2, 0.25) is 0 Å². The SMILES string of the molecule is COc1cccc(-c2c(C)c(Cc3ccccc3C(F)(F)F)nn(CC(N)c3ccccc3)c2=O)c1F. The summed E-state index contributed by atoms with van der Waals surface area (Å²) in [4.78, 5) is 13.6. The van der Waals surface area contributed by atoms with E-state index in [1.807, 2.05) is 6.07 Å². The van der Waals surface area contributed by atoms with Crippen molar-refractivity contribution in [3.05, 3.63) is 117 Å². The standard InChI is InChI=1S/C28H25F4N3O2/c1-17-23(15-19-11-6-7-13-21(19)28(30,31)32)34-35(16-22(33)18-9-4-3-5-10-18)27(36)25(17)20-12-8-14-24(37-2)26(20)29/h3-14,22H,15-16,33H2,1-2H3. The Hall–Kier alpha value is -3.98. The van der Waals surface area contributed by atoms with E-state index >= 15 is 4.39 Å². The van der Waals surface area contributed by atoms with E-state index in [1.54, 1.807) is 31.2 Å². The van der Waals surface area contributed by atoms with Crippen molar-refractivity contribution in [2.75, 3.05) is 7.11 Å². The minimum atomic E-state index is -4.57. The lowest BCUT2D eigenvalue weighted by atomic mass is 9.95.